The number of hydrogen-bond donors (Lipinski definition) is 1. The van der Waals surface area contributed by atoms with Gasteiger partial charge in [-0.3, -0.25) is 9.59 Å². The molecule has 1 N–H and O–H groups in total. The number of rotatable bonds is 10. The van der Waals surface area contributed by atoms with Crippen LogP contribution in [0, 0.1) is 5.92 Å². The zero-order chi connectivity index (χ0) is 23.6. The smallest absolute Gasteiger partial charge is 0.243 e. The first-order chi connectivity index (χ1) is 14.5. The van der Waals surface area contributed by atoms with Gasteiger partial charge in [-0.15, -0.1) is 0 Å². The van der Waals surface area contributed by atoms with E-state index in [2.05, 4.69) is 5.32 Å². The molecule has 0 aliphatic carbocycles. The lowest BCUT2D eigenvalue weighted by atomic mass is 9.98. The van der Waals surface area contributed by atoms with Crippen molar-refractivity contribution in [2.45, 2.75) is 59.5 Å². The van der Waals surface area contributed by atoms with Gasteiger partial charge in [0.1, 0.15) is 11.8 Å². The van der Waals surface area contributed by atoms with Gasteiger partial charge < -0.3 is 19.7 Å². The Morgan fingerprint density at radius 3 is 2.29 bits per heavy atom. The van der Waals surface area contributed by atoms with E-state index in [-0.39, 0.29) is 29.0 Å². The van der Waals surface area contributed by atoms with Crippen molar-refractivity contribution >= 4 is 40.2 Å². The van der Waals surface area contributed by atoms with E-state index in [9.17, 15) is 9.59 Å². The molecule has 0 bridgehead atoms. The Bertz CT molecular complexity index is 730. The number of carbonyl (C=O) groups is 2. The van der Waals surface area contributed by atoms with Crippen LogP contribution in [0.2, 0.25) is 0 Å². The molecule has 0 aliphatic rings. The van der Waals surface area contributed by atoms with E-state index in [0.29, 0.717) is 24.0 Å². The van der Waals surface area contributed by atoms with E-state index in [1.807, 2.05) is 65.8 Å². The standard InChI is InChI=1S/C23H36N2O4S2/c1-8-29-22(30)31-15-19(26)25(14-13-17-9-11-18(28-7)12-10-17)20(16(2)3)21(27)24-23(4,5)6/h9-12,16,20H,8,13-15H2,1-7H3,(H,24,27). The Morgan fingerprint density at radius 2 is 1.81 bits per heavy atom. The number of carbonyl (C=O) groups excluding carboxylic acids is 2. The number of thioether (sulfide) groups is 1. The highest BCUT2D eigenvalue weighted by molar-refractivity contribution is 8.23. The maximum absolute atomic E-state index is 13.2. The van der Waals surface area contributed by atoms with Crippen molar-refractivity contribution in [1.29, 1.82) is 0 Å². The minimum atomic E-state index is -0.578. The maximum atomic E-state index is 13.2. The zero-order valence-electron chi connectivity index (χ0n) is 19.7. The lowest BCUT2D eigenvalue weighted by Crippen LogP contribution is -2.56. The molecule has 0 aromatic heterocycles. The first kappa shape index (κ1) is 27.2. The number of amides is 2. The third-order valence-electron chi connectivity index (χ3n) is 4.43. The number of methoxy groups -OCH3 is 1. The summed E-state index contributed by atoms with van der Waals surface area (Å²) in [6, 6.07) is 7.15. The zero-order valence-corrected chi connectivity index (χ0v) is 21.3. The fourth-order valence-corrected chi connectivity index (χ4v) is 3.97. The minimum absolute atomic E-state index is 0.0500. The largest absolute Gasteiger partial charge is 0.497 e. The van der Waals surface area contributed by atoms with Crippen LogP contribution in [0.3, 0.4) is 0 Å². The van der Waals surface area contributed by atoms with Crippen LogP contribution >= 0.6 is 24.0 Å². The normalized spacial score (nSPS) is 12.3. The van der Waals surface area contributed by atoms with Crippen molar-refractivity contribution in [2.24, 2.45) is 5.92 Å². The number of nitrogens with one attached hydrogen (secondary N) is 1. The van der Waals surface area contributed by atoms with Crippen LogP contribution in [-0.4, -0.2) is 58.7 Å². The van der Waals surface area contributed by atoms with Gasteiger partial charge in [-0.25, -0.2) is 0 Å². The molecule has 6 nitrogen and oxygen atoms in total. The van der Waals surface area contributed by atoms with E-state index in [0.717, 1.165) is 11.3 Å². The fourth-order valence-electron chi connectivity index (χ4n) is 3.07. The van der Waals surface area contributed by atoms with Crippen molar-refractivity contribution in [1.82, 2.24) is 10.2 Å². The molecule has 0 radical (unpaired) electrons. The summed E-state index contributed by atoms with van der Waals surface area (Å²) >= 11 is 6.33. The molecule has 1 atom stereocenters. The molecular weight excluding hydrogens is 432 g/mol. The molecule has 31 heavy (non-hydrogen) atoms. The Labute approximate surface area is 196 Å². The summed E-state index contributed by atoms with van der Waals surface area (Å²) in [6.45, 7) is 12.4. The highest BCUT2D eigenvalue weighted by Gasteiger charge is 2.34. The van der Waals surface area contributed by atoms with E-state index < -0.39 is 6.04 Å². The average Bonchev–Trinajstić information content (AvgIpc) is 2.68. The SMILES string of the molecule is CCOC(=S)SCC(=O)N(CCc1ccc(OC)cc1)C(C(=O)NC(C)(C)C)C(C)C. The molecular formula is C23H36N2O4S2. The van der Waals surface area contributed by atoms with Crippen LogP contribution in [-0.2, 0) is 20.7 Å². The Balaban J connectivity index is 3.05. The summed E-state index contributed by atoms with van der Waals surface area (Å²) in [5, 5.41) is 3.03. The van der Waals surface area contributed by atoms with Gasteiger partial charge in [0.05, 0.1) is 19.5 Å². The molecule has 1 aromatic carbocycles. The molecule has 0 fully saturated rings. The van der Waals surface area contributed by atoms with Crippen molar-refractivity contribution in [3.8, 4) is 5.75 Å². The van der Waals surface area contributed by atoms with Gasteiger partial charge in [-0.1, -0.05) is 37.7 Å². The summed E-state index contributed by atoms with van der Waals surface area (Å²) in [5.74, 6) is 0.576. The summed E-state index contributed by atoms with van der Waals surface area (Å²) in [4.78, 5) is 28.0. The quantitative estimate of drug-likeness (QED) is 0.523. The van der Waals surface area contributed by atoms with Gasteiger partial charge in [-0.2, -0.15) is 0 Å². The second kappa shape index (κ2) is 12.9. The second-order valence-electron chi connectivity index (χ2n) is 8.59. The lowest BCUT2D eigenvalue weighted by molar-refractivity contribution is -0.141. The highest BCUT2D eigenvalue weighted by atomic mass is 32.2. The highest BCUT2D eigenvalue weighted by Crippen LogP contribution is 2.18. The molecule has 0 aliphatic heterocycles. The molecule has 174 valence electrons. The maximum Gasteiger partial charge on any atom is 0.243 e. The van der Waals surface area contributed by atoms with Crippen molar-refractivity contribution in [3.63, 3.8) is 0 Å². The molecule has 0 spiro atoms. The van der Waals surface area contributed by atoms with Crippen LogP contribution in [0.1, 0.15) is 47.1 Å². The van der Waals surface area contributed by atoms with Gasteiger partial charge in [0, 0.05) is 12.1 Å². The van der Waals surface area contributed by atoms with Crippen LogP contribution in [0.4, 0.5) is 0 Å². The number of benzene rings is 1. The first-order valence-corrected chi connectivity index (χ1v) is 11.9. The van der Waals surface area contributed by atoms with Gasteiger partial charge in [-0.05, 0) is 69.9 Å². The summed E-state index contributed by atoms with van der Waals surface area (Å²) in [7, 11) is 1.63. The van der Waals surface area contributed by atoms with Gasteiger partial charge in [0.25, 0.3) is 0 Å². The number of hydrogen-bond acceptors (Lipinski definition) is 6. The Morgan fingerprint density at radius 1 is 1.19 bits per heavy atom. The summed E-state index contributed by atoms with van der Waals surface area (Å²) in [6.07, 6.45) is 0.627. The van der Waals surface area contributed by atoms with Crippen LogP contribution in [0.15, 0.2) is 24.3 Å². The second-order valence-corrected chi connectivity index (χ2v) is 10.2. The van der Waals surface area contributed by atoms with Crippen LogP contribution < -0.4 is 10.1 Å². The summed E-state index contributed by atoms with van der Waals surface area (Å²) < 4.78 is 10.8. The third kappa shape index (κ3) is 9.91. The van der Waals surface area contributed by atoms with E-state index in [1.165, 1.54) is 11.8 Å². The molecule has 1 rings (SSSR count). The molecule has 0 saturated carbocycles. The van der Waals surface area contributed by atoms with Gasteiger partial charge in [0.2, 0.25) is 16.2 Å². The topological polar surface area (TPSA) is 67.9 Å². The number of nitrogens with zero attached hydrogens (tertiary/aromatic N) is 1. The van der Waals surface area contributed by atoms with Gasteiger partial charge >= 0.3 is 0 Å². The van der Waals surface area contributed by atoms with Crippen molar-refractivity contribution in [2.75, 3.05) is 26.0 Å². The summed E-state index contributed by atoms with van der Waals surface area (Å²) in [5.41, 5.74) is 0.676. The number of ether oxygens (including phenoxy) is 2. The first-order valence-electron chi connectivity index (χ1n) is 10.5. The Hall–Kier alpha value is -1.80. The lowest BCUT2D eigenvalue weighted by Gasteiger charge is -2.35. The van der Waals surface area contributed by atoms with E-state index in [4.69, 9.17) is 21.7 Å². The third-order valence-corrected chi connectivity index (χ3v) is 5.65. The molecule has 2 amide bonds. The number of thiocarbonyl (C=S) groups is 1. The van der Waals surface area contributed by atoms with E-state index >= 15 is 0 Å². The predicted molar refractivity (Wildman–Crippen MR) is 132 cm³/mol. The van der Waals surface area contributed by atoms with Crippen LogP contribution in [0.5, 0.6) is 5.75 Å². The minimum Gasteiger partial charge on any atom is -0.497 e. The molecule has 0 saturated heterocycles. The van der Waals surface area contributed by atoms with Gasteiger partial charge in [0.15, 0.2) is 0 Å². The predicted octanol–water partition coefficient (Wildman–Crippen LogP) is 4.06. The molecule has 0 heterocycles. The van der Waals surface area contributed by atoms with Crippen LogP contribution in [0.25, 0.3) is 0 Å². The molecule has 8 heteroatoms. The molecule has 1 unspecified atom stereocenters. The van der Waals surface area contributed by atoms with Crippen molar-refractivity contribution < 1.29 is 19.1 Å². The Kier molecular flexibility index (Phi) is 11.3. The molecule has 1 aromatic rings. The van der Waals surface area contributed by atoms with Crippen molar-refractivity contribution in [3.05, 3.63) is 29.8 Å². The van der Waals surface area contributed by atoms with E-state index in [1.54, 1.807) is 12.0 Å². The monoisotopic (exact) mass is 468 g/mol. The average molecular weight is 469 g/mol. The fraction of sp³-hybridized carbons (Fsp3) is 0.609.